The molecular formula is C16H15N3OS. The average Bonchev–Trinajstić information content (AvgIpc) is 3.05. The van der Waals surface area contributed by atoms with Crippen LogP contribution in [-0.4, -0.2) is 22.1 Å². The average molecular weight is 297 g/mol. The van der Waals surface area contributed by atoms with E-state index in [2.05, 4.69) is 27.9 Å². The zero-order chi connectivity index (χ0) is 14.7. The fourth-order valence-electron chi connectivity index (χ4n) is 2.02. The van der Waals surface area contributed by atoms with Gasteiger partial charge in [0.1, 0.15) is 5.01 Å². The lowest BCUT2D eigenvalue weighted by atomic mass is 10.2. The molecule has 0 bridgehead atoms. The van der Waals surface area contributed by atoms with Gasteiger partial charge < -0.3 is 4.74 Å². The molecule has 0 saturated carbocycles. The Labute approximate surface area is 127 Å². The van der Waals surface area contributed by atoms with E-state index in [-0.39, 0.29) is 0 Å². The van der Waals surface area contributed by atoms with Crippen molar-refractivity contribution in [1.82, 2.24) is 15.0 Å². The summed E-state index contributed by atoms with van der Waals surface area (Å²) >= 11 is 1.66. The van der Waals surface area contributed by atoms with Crippen LogP contribution in [0.15, 0.2) is 42.9 Å². The monoisotopic (exact) mass is 297 g/mol. The Balaban J connectivity index is 1.95. The lowest BCUT2D eigenvalue weighted by Gasteiger charge is -2.00. The molecule has 5 heteroatoms. The minimum Gasteiger partial charge on any atom is -0.481 e. The highest BCUT2D eigenvalue weighted by Gasteiger charge is 2.08. The van der Waals surface area contributed by atoms with Gasteiger partial charge in [0.15, 0.2) is 0 Å². The molecule has 3 aromatic rings. The van der Waals surface area contributed by atoms with E-state index in [9.17, 15) is 0 Å². The lowest BCUT2D eigenvalue weighted by molar-refractivity contribution is 0.398. The third-order valence-corrected chi connectivity index (χ3v) is 4.26. The predicted molar refractivity (Wildman–Crippen MR) is 84.5 cm³/mol. The number of aromatic nitrogens is 3. The van der Waals surface area contributed by atoms with Gasteiger partial charge in [0.2, 0.25) is 5.88 Å². The summed E-state index contributed by atoms with van der Waals surface area (Å²) in [5, 5.41) is 0.998. The van der Waals surface area contributed by atoms with Gasteiger partial charge in [0.25, 0.3) is 0 Å². The molecule has 3 rings (SSSR count). The first-order valence-electron chi connectivity index (χ1n) is 6.71. The molecule has 0 atom stereocenters. The second-order valence-electron chi connectivity index (χ2n) is 4.51. The van der Waals surface area contributed by atoms with E-state index in [0.717, 1.165) is 33.1 Å². The number of thiazole rings is 1. The quantitative estimate of drug-likeness (QED) is 0.734. The van der Waals surface area contributed by atoms with Crippen molar-refractivity contribution < 1.29 is 4.74 Å². The summed E-state index contributed by atoms with van der Waals surface area (Å²) < 4.78 is 5.16. The van der Waals surface area contributed by atoms with Crippen molar-refractivity contribution in [3.63, 3.8) is 0 Å². The fraction of sp³-hybridized carbons (Fsp3) is 0.188. The Morgan fingerprint density at radius 2 is 1.86 bits per heavy atom. The third kappa shape index (κ3) is 2.92. The summed E-state index contributed by atoms with van der Waals surface area (Å²) in [7, 11) is 1.62. The van der Waals surface area contributed by atoms with Crippen LogP contribution in [0.25, 0.3) is 21.0 Å². The van der Waals surface area contributed by atoms with Crippen molar-refractivity contribution in [2.45, 2.75) is 13.3 Å². The number of nitrogens with zero attached hydrogens (tertiary/aromatic N) is 3. The molecule has 0 saturated heterocycles. The smallest absolute Gasteiger partial charge is 0.213 e. The van der Waals surface area contributed by atoms with Gasteiger partial charge >= 0.3 is 0 Å². The van der Waals surface area contributed by atoms with Gasteiger partial charge in [-0.3, -0.25) is 4.98 Å². The first-order chi connectivity index (χ1) is 10.3. The summed E-state index contributed by atoms with van der Waals surface area (Å²) in [6.07, 6.45) is 6.40. The standard InChI is InChI=1S/C16H15N3OS/c1-3-13-8-12(5-6-17-13)16-19-10-14(21-16)11-4-7-18-15(9-11)20-2/h4-10H,3H2,1-2H3. The highest BCUT2D eigenvalue weighted by Crippen LogP contribution is 2.32. The molecule has 0 fully saturated rings. The Hall–Kier alpha value is -2.27. The molecule has 0 aliphatic rings. The second-order valence-corrected chi connectivity index (χ2v) is 5.54. The number of hydrogen-bond acceptors (Lipinski definition) is 5. The first kappa shape index (κ1) is 13.7. The molecule has 0 aliphatic carbocycles. The normalized spacial score (nSPS) is 10.6. The summed E-state index contributed by atoms with van der Waals surface area (Å²) in [6.45, 7) is 2.10. The summed E-state index contributed by atoms with van der Waals surface area (Å²) in [5.41, 5.74) is 3.25. The Morgan fingerprint density at radius 3 is 2.67 bits per heavy atom. The molecule has 4 nitrogen and oxygen atoms in total. The number of ether oxygens (including phenoxy) is 1. The van der Waals surface area contributed by atoms with Crippen LogP contribution in [0.5, 0.6) is 5.88 Å². The molecule has 0 aliphatic heterocycles. The molecule has 0 amide bonds. The molecule has 0 spiro atoms. The summed E-state index contributed by atoms with van der Waals surface area (Å²) in [6, 6.07) is 7.97. The topological polar surface area (TPSA) is 47.9 Å². The van der Waals surface area contributed by atoms with E-state index in [0.29, 0.717) is 5.88 Å². The largest absolute Gasteiger partial charge is 0.481 e. The van der Waals surface area contributed by atoms with Crippen LogP contribution in [0.3, 0.4) is 0 Å². The van der Waals surface area contributed by atoms with Crippen LogP contribution < -0.4 is 4.74 Å². The Morgan fingerprint density at radius 1 is 1.05 bits per heavy atom. The van der Waals surface area contributed by atoms with Crippen molar-refractivity contribution in [3.05, 3.63) is 48.5 Å². The minimum atomic E-state index is 0.611. The number of aryl methyl sites for hydroxylation is 1. The second kappa shape index (κ2) is 6.01. The van der Waals surface area contributed by atoms with Crippen molar-refractivity contribution in [3.8, 4) is 26.9 Å². The van der Waals surface area contributed by atoms with Crippen molar-refractivity contribution >= 4 is 11.3 Å². The molecule has 21 heavy (non-hydrogen) atoms. The summed E-state index contributed by atoms with van der Waals surface area (Å²) in [5.74, 6) is 0.611. The van der Waals surface area contributed by atoms with Gasteiger partial charge in [-0.25, -0.2) is 9.97 Å². The maximum atomic E-state index is 5.16. The lowest BCUT2D eigenvalue weighted by Crippen LogP contribution is -1.86. The minimum absolute atomic E-state index is 0.611. The highest BCUT2D eigenvalue weighted by atomic mass is 32.1. The zero-order valence-electron chi connectivity index (χ0n) is 11.9. The molecule has 0 aromatic carbocycles. The first-order valence-corrected chi connectivity index (χ1v) is 7.53. The maximum absolute atomic E-state index is 5.16. The van der Waals surface area contributed by atoms with Crippen LogP contribution in [0, 0.1) is 0 Å². The van der Waals surface area contributed by atoms with Crippen molar-refractivity contribution in [1.29, 1.82) is 0 Å². The van der Waals surface area contributed by atoms with E-state index in [1.807, 2.05) is 30.6 Å². The molecule has 3 heterocycles. The highest BCUT2D eigenvalue weighted by molar-refractivity contribution is 7.18. The molecule has 0 radical (unpaired) electrons. The SMILES string of the molecule is CCc1cc(-c2ncc(-c3ccnc(OC)c3)s2)ccn1. The van der Waals surface area contributed by atoms with Gasteiger partial charge in [-0.15, -0.1) is 11.3 Å². The van der Waals surface area contributed by atoms with E-state index in [4.69, 9.17) is 4.74 Å². The molecule has 0 N–H and O–H groups in total. The predicted octanol–water partition coefficient (Wildman–Crippen LogP) is 3.84. The van der Waals surface area contributed by atoms with E-state index in [1.165, 1.54) is 0 Å². The van der Waals surface area contributed by atoms with Gasteiger partial charge in [-0.2, -0.15) is 0 Å². The maximum Gasteiger partial charge on any atom is 0.213 e. The van der Waals surface area contributed by atoms with Gasteiger partial charge in [-0.05, 0) is 24.6 Å². The van der Waals surface area contributed by atoms with Crippen LogP contribution >= 0.6 is 11.3 Å². The van der Waals surface area contributed by atoms with E-state index < -0.39 is 0 Å². The van der Waals surface area contributed by atoms with Gasteiger partial charge in [0, 0.05) is 41.5 Å². The number of hydrogen-bond donors (Lipinski definition) is 0. The van der Waals surface area contributed by atoms with Crippen LogP contribution in [0.4, 0.5) is 0 Å². The Kier molecular flexibility index (Phi) is 3.92. The molecular weight excluding hydrogens is 282 g/mol. The van der Waals surface area contributed by atoms with Gasteiger partial charge in [0.05, 0.1) is 12.0 Å². The molecule has 0 unspecified atom stereocenters. The van der Waals surface area contributed by atoms with E-state index >= 15 is 0 Å². The van der Waals surface area contributed by atoms with Crippen molar-refractivity contribution in [2.75, 3.05) is 7.11 Å². The van der Waals surface area contributed by atoms with Crippen LogP contribution in [-0.2, 0) is 6.42 Å². The molecule has 3 aromatic heterocycles. The Bertz CT molecular complexity index is 693. The number of pyridine rings is 2. The summed E-state index contributed by atoms with van der Waals surface area (Å²) in [4.78, 5) is 14.1. The molecule has 106 valence electrons. The number of methoxy groups -OCH3 is 1. The number of rotatable bonds is 4. The van der Waals surface area contributed by atoms with Crippen molar-refractivity contribution in [2.24, 2.45) is 0 Å². The third-order valence-electron chi connectivity index (χ3n) is 3.16. The van der Waals surface area contributed by atoms with Crippen LogP contribution in [0.2, 0.25) is 0 Å². The van der Waals surface area contributed by atoms with E-state index in [1.54, 1.807) is 24.6 Å². The van der Waals surface area contributed by atoms with Crippen LogP contribution in [0.1, 0.15) is 12.6 Å². The van der Waals surface area contributed by atoms with Gasteiger partial charge in [-0.1, -0.05) is 6.92 Å². The zero-order valence-corrected chi connectivity index (χ0v) is 12.7. The fourth-order valence-corrected chi connectivity index (χ4v) is 2.93.